The summed E-state index contributed by atoms with van der Waals surface area (Å²) in [7, 11) is 1.88. The third-order valence-electron chi connectivity index (χ3n) is 4.38. The number of aromatic nitrogens is 2. The minimum absolute atomic E-state index is 0.0703. The van der Waals surface area contributed by atoms with Gasteiger partial charge in [-0.15, -0.1) is 0 Å². The molecule has 0 unspecified atom stereocenters. The quantitative estimate of drug-likeness (QED) is 0.663. The zero-order valence-corrected chi connectivity index (χ0v) is 16.1. The van der Waals surface area contributed by atoms with Gasteiger partial charge >= 0.3 is 0 Å². The summed E-state index contributed by atoms with van der Waals surface area (Å²) in [6.07, 6.45) is 3.78. The summed E-state index contributed by atoms with van der Waals surface area (Å²) in [6.45, 7) is 2.59. The van der Waals surface area contributed by atoms with E-state index in [0.717, 1.165) is 28.1 Å². The van der Waals surface area contributed by atoms with Gasteiger partial charge in [0.15, 0.2) is 0 Å². The van der Waals surface area contributed by atoms with Crippen LogP contribution in [-0.2, 0) is 11.2 Å². The molecule has 28 heavy (non-hydrogen) atoms. The molecular formula is C22H24N4O2. The van der Waals surface area contributed by atoms with Crippen LogP contribution in [-0.4, -0.2) is 41.2 Å². The zero-order valence-electron chi connectivity index (χ0n) is 16.1. The molecule has 0 saturated carbocycles. The smallest absolute Gasteiger partial charge is 0.229 e. The number of hydrogen-bond acceptors (Lipinski definition) is 5. The average molecular weight is 376 g/mol. The van der Waals surface area contributed by atoms with Crippen molar-refractivity contribution in [1.29, 1.82) is 0 Å². The number of benzene rings is 1. The number of nitrogens with one attached hydrogen (secondary N) is 1. The molecule has 6 nitrogen and oxygen atoms in total. The van der Waals surface area contributed by atoms with Crippen LogP contribution in [0.3, 0.4) is 0 Å². The molecule has 144 valence electrons. The molecule has 1 amide bonds. The Balaban J connectivity index is 1.66. The summed E-state index contributed by atoms with van der Waals surface area (Å²) in [6, 6.07) is 15.5. The molecule has 0 atom stereocenters. The van der Waals surface area contributed by atoms with Gasteiger partial charge in [-0.1, -0.05) is 29.8 Å². The maximum atomic E-state index is 12.2. The van der Waals surface area contributed by atoms with Crippen molar-refractivity contribution in [2.45, 2.75) is 13.3 Å². The Morgan fingerprint density at radius 2 is 1.96 bits per heavy atom. The van der Waals surface area contributed by atoms with Crippen LogP contribution in [0.1, 0.15) is 11.1 Å². The fourth-order valence-electron chi connectivity index (χ4n) is 2.90. The van der Waals surface area contributed by atoms with E-state index in [-0.39, 0.29) is 12.5 Å². The summed E-state index contributed by atoms with van der Waals surface area (Å²) >= 11 is 0. The van der Waals surface area contributed by atoms with E-state index in [1.54, 1.807) is 18.5 Å². The molecule has 1 aromatic carbocycles. The fourth-order valence-corrected chi connectivity index (χ4v) is 2.90. The number of carbonyl (C=O) groups excluding carboxylic acids is 1. The van der Waals surface area contributed by atoms with Crippen molar-refractivity contribution >= 4 is 17.5 Å². The van der Waals surface area contributed by atoms with Gasteiger partial charge < -0.3 is 15.3 Å². The van der Waals surface area contributed by atoms with Crippen molar-refractivity contribution in [3.63, 3.8) is 0 Å². The van der Waals surface area contributed by atoms with Crippen LogP contribution < -0.4 is 10.2 Å². The topological polar surface area (TPSA) is 78.4 Å². The molecule has 0 aliphatic heterocycles. The molecular weight excluding hydrogens is 352 g/mol. The molecule has 6 heteroatoms. The van der Waals surface area contributed by atoms with Crippen molar-refractivity contribution in [1.82, 2.24) is 9.97 Å². The fraction of sp³-hybridized carbons (Fsp3) is 0.227. The maximum absolute atomic E-state index is 12.2. The second-order valence-electron chi connectivity index (χ2n) is 6.69. The van der Waals surface area contributed by atoms with Gasteiger partial charge in [0.05, 0.1) is 13.0 Å². The number of carbonyl (C=O) groups is 1. The molecule has 0 aliphatic carbocycles. The van der Waals surface area contributed by atoms with Crippen molar-refractivity contribution in [3.8, 4) is 11.1 Å². The first-order valence-electron chi connectivity index (χ1n) is 9.15. The molecule has 2 N–H and O–H groups in total. The number of anilines is 2. The Morgan fingerprint density at radius 1 is 1.11 bits per heavy atom. The van der Waals surface area contributed by atoms with E-state index in [9.17, 15) is 4.79 Å². The van der Waals surface area contributed by atoms with Gasteiger partial charge in [-0.05, 0) is 42.3 Å². The van der Waals surface area contributed by atoms with E-state index in [1.165, 1.54) is 0 Å². The summed E-state index contributed by atoms with van der Waals surface area (Å²) in [5.41, 5.74) is 4.01. The number of amides is 1. The second-order valence-corrected chi connectivity index (χ2v) is 6.69. The molecule has 0 aliphatic rings. The van der Waals surface area contributed by atoms with E-state index in [4.69, 9.17) is 5.11 Å². The second kappa shape index (κ2) is 9.10. The number of aliphatic hydroxyl groups is 1. The van der Waals surface area contributed by atoms with Crippen LogP contribution in [0.15, 0.2) is 60.9 Å². The Hall–Kier alpha value is -3.25. The Morgan fingerprint density at radius 3 is 2.68 bits per heavy atom. The number of aryl methyl sites for hydroxylation is 1. The van der Waals surface area contributed by atoms with Crippen molar-refractivity contribution in [3.05, 3.63) is 72.1 Å². The lowest BCUT2D eigenvalue weighted by Crippen LogP contribution is -2.22. The highest BCUT2D eigenvalue weighted by atomic mass is 16.3. The third-order valence-corrected chi connectivity index (χ3v) is 4.38. The first-order valence-corrected chi connectivity index (χ1v) is 9.15. The van der Waals surface area contributed by atoms with E-state index in [2.05, 4.69) is 15.3 Å². The highest BCUT2D eigenvalue weighted by Crippen LogP contribution is 2.22. The van der Waals surface area contributed by atoms with Gasteiger partial charge in [-0.2, -0.15) is 0 Å². The predicted octanol–water partition coefficient (Wildman–Crippen LogP) is 3.06. The zero-order chi connectivity index (χ0) is 19.9. The van der Waals surface area contributed by atoms with Gasteiger partial charge in [-0.25, -0.2) is 9.97 Å². The van der Waals surface area contributed by atoms with Crippen LogP contribution >= 0.6 is 0 Å². The summed E-state index contributed by atoms with van der Waals surface area (Å²) in [4.78, 5) is 22.8. The average Bonchev–Trinajstić information content (AvgIpc) is 2.69. The van der Waals surface area contributed by atoms with Crippen molar-refractivity contribution in [2.24, 2.45) is 0 Å². The molecule has 0 bridgehead atoms. The van der Waals surface area contributed by atoms with Gasteiger partial charge in [0, 0.05) is 31.5 Å². The predicted molar refractivity (Wildman–Crippen MR) is 111 cm³/mol. The summed E-state index contributed by atoms with van der Waals surface area (Å²) < 4.78 is 0. The Labute approximate surface area is 164 Å². The SMILES string of the molecule is Cc1cccc(CC(=O)Nc2ccc(-c3ccnc(N(C)CCO)c3)cn2)c1. The molecule has 0 radical (unpaired) electrons. The minimum atomic E-state index is -0.0947. The van der Waals surface area contributed by atoms with Gasteiger partial charge in [0.25, 0.3) is 0 Å². The largest absolute Gasteiger partial charge is 0.395 e. The minimum Gasteiger partial charge on any atom is -0.395 e. The standard InChI is InChI=1S/C22H24N4O2/c1-16-4-3-5-17(12-16)13-22(28)25-20-7-6-19(15-24-20)18-8-9-23-21(14-18)26(2)10-11-27/h3-9,12,14-15,27H,10-11,13H2,1-2H3,(H,24,25,28). The summed E-state index contributed by atoms with van der Waals surface area (Å²) in [5.74, 6) is 1.21. The van der Waals surface area contributed by atoms with Gasteiger partial charge in [0.2, 0.25) is 5.91 Å². The molecule has 2 heterocycles. The normalized spacial score (nSPS) is 10.5. The highest BCUT2D eigenvalue weighted by molar-refractivity contribution is 5.91. The molecule has 3 rings (SSSR count). The summed E-state index contributed by atoms with van der Waals surface area (Å²) in [5, 5.41) is 11.9. The van der Waals surface area contributed by atoms with Gasteiger partial charge in [-0.3, -0.25) is 4.79 Å². The lowest BCUT2D eigenvalue weighted by atomic mass is 10.1. The third kappa shape index (κ3) is 5.14. The van der Waals surface area contributed by atoms with E-state index < -0.39 is 0 Å². The molecule has 0 fully saturated rings. The molecule has 3 aromatic rings. The lowest BCUT2D eigenvalue weighted by molar-refractivity contribution is -0.115. The van der Waals surface area contributed by atoms with Crippen LogP contribution in [0.5, 0.6) is 0 Å². The number of aliphatic hydroxyl groups excluding tert-OH is 1. The van der Waals surface area contributed by atoms with E-state index in [0.29, 0.717) is 18.8 Å². The Bertz CT molecular complexity index is 941. The first-order chi connectivity index (χ1) is 13.5. The van der Waals surface area contributed by atoms with Crippen LogP contribution in [0.4, 0.5) is 11.6 Å². The first kappa shape index (κ1) is 19.5. The molecule has 0 spiro atoms. The molecule has 0 saturated heterocycles. The number of likely N-dealkylation sites (N-methyl/N-ethyl adjacent to an activating group) is 1. The Kier molecular flexibility index (Phi) is 6.34. The molecule has 2 aromatic heterocycles. The van der Waals surface area contributed by atoms with Crippen LogP contribution in [0, 0.1) is 6.92 Å². The van der Waals surface area contributed by atoms with E-state index in [1.807, 2.05) is 61.3 Å². The van der Waals surface area contributed by atoms with Crippen LogP contribution in [0.25, 0.3) is 11.1 Å². The monoisotopic (exact) mass is 376 g/mol. The van der Waals surface area contributed by atoms with Crippen LogP contribution in [0.2, 0.25) is 0 Å². The number of pyridine rings is 2. The van der Waals surface area contributed by atoms with Crippen molar-refractivity contribution < 1.29 is 9.90 Å². The van der Waals surface area contributed by atoms with Gasteiger partial charge in [0.1, 0.15) is 11.6 Å². The number of hydrogen-bond donors (Lipinski definition) is 2. The number of rotatable bonds is 7. The highest BCUT2D eigenvalue weighted by Gasteiger charge is 2.08. The maximum Gasteiger partial charge on any atom is 0.229 e. The van der Waals surface area contributed by atoms with E-state index >= 15 is 0 Å². The van der Waals surface area contributed by atoms with Crippen molar-refractivity contribution in [2.75, 3.05) is 30.4 Å². The lowest BCUT2D eigenvalue weighted by Gasteiger charge is -2.17. The number of nitrogens with zero attached hydrogens (tertiary/aromatic N) is 3.